The Morgan fingerprint density at radius 2 is 2.50 bits per heavy atom. The molecular weight excluding hydrogens is 74.1 g/mol. The van der Waals surface area contributed by atoms with Gasteiger partial charge in [0.25, 0.3) is 0 Å². The van der Waals surface area contributed by atoms with Gasteiger partial charge in [0, 0.05) is 6.54 Å². The fourth-order valence-electron chi connectivity index (χ4n) is 0.619. The first kappa shape index (κ1) is 3.88. The minimum atomic E-state index is 1.04. The summed E-state index contributed by atoms with van der Waals surface area (Å²) in [7, 11) is 0. The molecule has 1 fully saturated rings. The Kier molecular flexibility index (Phi) is 0.926. The summed E-state index contributed by atoms with van der Waals surface area (Å²) in [6.45, 7) is 5.97. The summed E-state index contributed by atoms with van der Waals surface area (Å²) in [6, 6.07) is 0. The van der Waals surface area contributed by atoms with Crippen LogP contribution in [0.1, 0.15) is 6.42 Å². The van der Waals surface area contributed by atoms with Gasteiger partial charge in [-0.3, -0.25) is 0 Å². The van der Waals surface area contributed by atoms with Crippen LogP contribution in [-0.4, -0.2) is 13.1 Å². The van der Waals surface area contributed by atoms with Crippen molar-refractivity contribution in [2.75, 3.05) is 13.1 Å². The summed E-state index contributed by atoms with van der Waals surface area (Å²) in [5.41, 5.74) is 1.34. The van der Waals surface area contributed by atoms with E-state index in [0.29, 0.717) is 0 Å². The normalized spacial score (nSPS) is 22.3. The SMILES string of the molecule is C=C1CCNC1. The molecule has 1 nitrogen and oxygen atoms in total. The molecule has 0 aromatic carbocycles. The average molecular weight is 83.1 g/mol. The predicted molar refractivity (Wildman–Crippen MR) is 26.6 cm³/mol. The van der Waals surface area contributed by atoms with Crippen molar-refractivity contribution in [2.45, 2.75) is 6.42 Å². The van der Waals surface area contributed by atoms with Crippen molar-refractivity contribution < 1.29 is 0 Å². The lowest BCUT2D eigenvalue weighted by Crippen LogP contribution is -2.04. The Morgan fingerprint density at radius 3 is 2.67 bits per heavy atom. The summed E-state index contributed by atoms with van der Waals surface area (Å²) < 4.78 is 0. The van der Waals surface area contributed by atoms with Gasteiger partial charge < -0.3 is 5.32 Å². The second-order valence-corrected chi connectivity index (χ2v) is 1.68. The van der Waals surface area contributed by atoms with E-state index < -0.39 is 0 Å². The van der Waals surface area contributed by atoms with Gasteiger partial charge in [0.1, 0.15) is 0 Å². The van der Waals surface area contributed by atoms with Crippen LogP contribution in [0.2, 0.25) is 0 Å². The molecule has 0 spiro atoms. The van der Waals surface area contributed by atoms with E-state index in [4.69, 9.17) is 0 Å². The topological polar surface area (TPSA) is 12.0 Å². The van der Waals surface area contributed by atoms with E-state index in [2.05, 4.69) is 11.9 Å². The van der Waals surface area contributed by atoms with Crippen molar-refractivity contribution in [3.63, 3.8) is 0 Å². The third kappa shape index (κ3) is 0.601. The van der Waals surface area contributed by atoms with Gasteiger partial charge in [0.05, 0.1) is 0 Å². The van der Waals surface area contributed by atoms with E-state index >= 15 is 0 Å². The summed E-state index contributed by atoms with van der Waals surface area (Å²) in [6.07, 6.45) is 1.18. The maximum atomic E-state index is 3.79. The van der Waals surface area contributed by atoms with Gasteiger partial charge >= 0.3 is 0 Å². The minimum absolute atomic E-state index is 1.04. The third-order valence-electron chi connectivity index (χ3n) is 1.03. The molecule has 0 amide bonds. The quantitative estimate of drug-likeness (QED) is 0.421. The molecule has 1 saturated heterocycles. The van der Waals surface area contributed by atoms with Crippen molar-refractivity contribution in [3.8, 4) is 0 Å². The van der Waals surface area contributed by atoms with Gasteiger partial charge in [0.15, 0.2) is 0 Å². The van der Waals surface area contributed by atoms with Gasteiger partial charge in [-0.15, -0.1) is 0 Å². The molecule has 0 bridgehead atoms. The number of nitrogens with one attached hydrogen (secondary N) is 1. The Morgan fingerprint density at radius 1 is 1.67 bits per heavy atom. The van der Waals surface area contributed by atoms with Crippen LogP contribution in [0.3, 0.4) is 0 Å². The van der Waals surface area contributed by atoms with Crippen LogP contribution in [0, 0.1) is 0 Å². The van der Waals surface area contributed by atoms with Gasteiger partial charge in [-0.25, -0.2) is 0 Å². The Labute approximate surface area is 38.1 Å². The number of hydrogen-bond donors (Lipinski definition) is 1. The van der Waals surface area contributed by atoms with Crippen LogP contribution in [0.15, 0.2) is 12.2 Å². The van der Waals surface area contributed by atoms with E-state index in [-0.39, 0.29) is 0 Å². The highest BCUT2D eigenvalue weighted by Gasteiger charge is 1.99. The van der Waals surface area contributed by atoms with E-state index in [1.54, 1.807) is 0 Å². The molecule has 1 heterocycles. The minimum Gasteiger partial charge on any atom is -0.313 e. The lowest BCUT2D eigenvalue weighted by atomic mass is 10.3. The molecular formula is C5H9N. The fraction of sp³-hybridized carbons (Fsp3) is 0.600. The third-order valence-corrected chi connectivity index (χ3v) is 1.03. The zero-order valence-corrected chi connectivity index (χ0v) is 3.83. The van der Waals surface area contributed by atoms with Crippen molar-refractivity contribution in [3.05, 3.63) is 12.2 Å². The van der Waals surface area contributed by atoms with Crippen LogP contribution in [-0.2, 0) is 0 Å². The van der Waals surface area contributed by atoms with E-state index in [1.807, 2.05) is 0 Å². The average Bonchev–Trinajstić information content (AvgIpc) is 1.86. The highest BCUT2D eigenvalue weighted by Crippen LogP contribution is 1.99. The highest BCUT2D eigenvalue weighted by molar-refractivity contribution is 5.01. The maximum Gasteiger partial charge on any atom is 0.0162 e. The molecule has 0 unspecified atom stereocenters. The summed E-state index contributed by atoms with van der Waals surface area (Å²) in [5.74, 6) is 0. The molecule has 1 N–H and O–H groups in total. The van der Waals surface area contributed by atoms with E-state index in [0.717, 1.165) is 13.1 Å². The summed E-state index contributed by atoms with van der Waals surface area (Å²) in [5, 5.41) is 3.17. The van der Waals surface area contributed by atoms with E-state index in [1.165, 1.54) is 12.0 Å². The van der Waals surface area contributed by atoms with Gasteiger partial charge in [0.2, 0.25) is 0 Å². The van der Waals surface area contributed by atoms with Crippen LogP contribution in [0.4, 0.5) is 0 Å². The van der Waals surface area contributed by atoms with Gasteiger partial charge in [-0.2, -0.15) is 0 Å². The molecule has 0 saturated carbocycles. The molecule has 1 aliphatic rings. The van der Waals surface area contributed by atoms with Crippen molar-refractivity contribution >= 4 is 0 Å². The van der Waals surface area contributed by atoms with Gasteiger partial charge in [-0.1, -0.05) is 12.2 Å². The molecule has 6 heavy (non-hydrogen) atoms. The first-order chi connectivity index (χ1) is 2.89. The standard InChI is InChI=1S/C5H9N/c1-5-2-3-6-4-5/h6H,1-4H2. The van der Waals surface area contributed by atoms with Crippen LogP contribution < -0.4 is 5.32 Å². The Hall–Kier alpha value is -0.300. The van der Waals surface area contributed by atoms with Crippen molar-refractivity contribution in [1.29, 1.82) is 0 Å². The molecule has 1 aliphatic heterocycles. The molecule has 0 radical (unpaired) electrons. The second kappa shape index (κ2) is 1.43. The summed E-state index contributed by atoms with van der Waals surface area (Å²) in [4.78, 5) is 0. The largest absolute Gasteiger partial charge is 0.313 e. The molecule has 0 atom stereocenters. The monoisotopic (exact) mass is 83.1 g/mol. The molecule has 1 rings (SSSR count). The number of hydrogen-bond acceptors (Lipinski definition) is 1. The Bertz CT molecular complexity index is 58.3. The smallest absolute Gasteiger partial charge is 0.0162 e. The fourth-order valence-corrected chi connectivity index (χ4v) is 0.619. The highest BCUT2D eigenvalue weighted by atomic mass is 14.9. The summed E-state index contributed by atoms with van der Waals surface area (Å²) >= 11 is 0. The maximum absolute atomic E-state index is 3.79. The van der Waals surface area contributed by atoms with Crippen molar-refractivity contribution in [2.24, 2.45) is 0 Å². The van der Waals surface area contributed by atoms with Crippen LogP contribution in [0.25, 0.3) is 0 Å². The zero-order chi connectivity index (χ0) is 4.41. The lowest BCUT2D eigenvalue weighted by molar-refractivity contribution is 0.862. The van der Waals surface area contributed by atoms with Gasteiger partial charge in [-0.05, 0) is 13.0 Å². The molecule has 0 aromatic rings. The van der Waals surface area contributed by atoms with Crippen molar-refractivity contribution in [1.82, 2.24) is 5.32 Å². The Balaban J connectivity index is 2.37. The number of rotatable bonds is 0. The predicted octanol–water partition coefficient (Wildman–Crippen LogP) is 0.536. The molecule has 0 aliphatic carbocycles. The zero-order valence-electron chi connectivity index (χ0n) is 3.83. The lowest BCUT2D eigenvalue weighted by Gasteiger charge is -1.80. The second-order valence-electron chi connectivity index (χ2n) is 1.68. The molecule has 34 valence electrons. The van der Waals surface area contributed by atoms with Crippen LogP contribution >= 0.6 is 0 Å². The first-order valence-electron chi connectivity index (χ1n) is 2.27. The first-order valence-corrected chi connectivity index (χ1v) is 2.27. The molecule has 1 heteroatoms. The van der Waals surface area contributed by atoms with E-state index in [9.17, 15) is 0 Å². The van der Waals surface area contributed by atoms with Crippen LogP contribution in [0.5, 0.6) is 0 Å². The molecule has 0 aromatic heterocycles.